The summed E-state index contributed by atoms with van der Waals surface area (Å²) in [4.78, 5) is 24.0. The van der Waals surface area contributed by atoms with Crippen molar-refractivity contribution >= 4 is 5.91 Å². The van der Waals surface area contributed by atoms with Crippen LogP contribution in [0.3, 0.4) is 0 Å². The molecule has 7 nitrogen and oxygen atoms in total. The molecule has 2 N–H and O–H groups in total. The standard InChI is InChI=1S/C19H26N6O/c1-12(2)16-9-17(24-23-16)19(26)25-7-4-13(5-8-25)18-21-11-14-10-20-6-3-15(14)22-18/h9,11-13,20H,3-8,10H2,1-2H3,(H,23,24). The van der Waals surface area contributed by atoms with E-state index in [1.54, 1.807) is 0 Å². The normalized spacial score (nSPS) is 18.2. The molecular formula is C19H26N6O. The number of amides is 1. The molecule has 0 saturated carbocycles. The summed E-state index contributed by atoms with van der Waals surface area (Å²) in [5.74, 6) is 1.64. The minimum atomic E-state index is 0.0176. The van der Waals surface area contributed by atoms with Gasteiger partial charge in [-0.05, 0) is 24.8 Å². The highest BCUT2D eigenvalue weighted by molar-refractivity contribution is 5.92. The lowest BCUT2D eigenvalue weighted by atomic mass is 9.95. The fraction of sp³-hybridized carbons (Fsp3) is 0.579. The number of H-pyrrole nitrogens is 1. The van der Waals surface area contributed by atoms with E-state index in [0.29, 0.717) is 17.5 Å². The summed E-state index contributed by atoms with van der Waals surface area (Å²) in [5.41, 5.74) is 3.92. The maximum atomic E-state index is 12.7. The lowest BCUT2D eigenvalue weighted by Crippen LogP contribution is -2.38. The number of nitrogens with zero attached hydrogens (tertiary/aromatic N) is 4. The molecule has 0 bridgehead atoms. The van der Waals surface area contributed by atoms with Crippen molar-refractivity contribution in [1.29, 1.82) is 0 Å². The second kappa shape index (κ2) is 7.15. The SMILES string of the molecule is CC(C)c1cc(C(=O)N2CCC(c3ncc4c(n3)CCNC4)CC2)n[nH]1. The summed E-state index contributed by atoms with van der Waals surface area (Å²) in [7, 11) is 0. The van der Waals surface area contributed by atoms with Gasteiger partial charge in [-0.2, -0.15) is 5.10 Å². The molecule has 4 rings (SSSR count). The van der Waals surface area contributed by atoms with Crippen molar-refractivity contribution in [2.75, 3.05) is 19.6 Å². The van der Waals surface area contributed by atoms with Gasteiger partial charge in [0.25, 0.3) is 5.91 Å². The highest BCUT2D eigenvalue weighted by atomic mass is 16.2. The average molecular weight is 354 g/mol. The molecule has 7 heteroatoms. The molecule has 26 heavy (non-hydrogen) atoms. The van der Waals surface area contributed by atoms with Crippen LogP contribution < -0.4 is 5.32 Å². The van der Waals surface area contributed by atoms with Crippen molar-refractivity contribution in [3.63, 3.8) is 0 Å². The maximum absolute atomic E-state index is 12.7. The number of rotatable bonds is 3. The Morgan fingerprint density at radius 2 is 2.12 bits per heavy atom. The smallest absolute Gasteiger partial charge is 0.274 e. The summed E-state index contributed by atoms with van der Waals surface area (Å²) in [6.45, 7) is 7.48. The predicted octanol–water partition coefficient (Wildman–Crippen LogP) is 1.99. The van der Waals surface area contributed by atoms with Crippen LogP contribution in [-0.4, -0.2) is 50.6 Å². The summed E-state index contributed by atoms with van der Waals surface area (Å²) in [5, 5.41) is 10.5. The van der Waals surface area contributed by atoms with E-state index in [9.17, 15) is 4.79 Å². The van der Waals surface area contributed by atoms with E-state index >= 15 is 0 Å². The molecule has 1 amide bonds. The molecule has 138 valence electrons. The number of fused-ring (bicyclic) bond motifs is 1. The van der Waals surface area contributed by atoms with Crippen LogP contribution in [0, 0.1) is 0 Å². The van der Waals surface area contributed by atoms with E-state index < -0.39 is 0 Å². The van der Waals surface area contributed by atoms with Gasteiger partial charge in [-0.15, -0.1) is 0 Å². The van der Waals surface area contributed by atoms with E-state index in [4.69, 9.17) is 4.98 Å². The number of hydrogen-bond acceptors (Lipinski definition) is 5. The Labute approximate surface area is 153 Å². The molecule has 0 spiro atoms. The molecule has 1 saturated heterocycles. The van der Waals surface area contributed by atoms with Crippen LogP contribution in [0.4, 0.5) is 0 Å². The fourth-order valence-corrected chi connectivity index (χ4v) is 3.69. The quantitative estimate of drug-likeness (QED) is 0.880. The first-order chi connectivity index (χ1) is 12.6. The third-order valence-corrected chi connectivity index (χ3v) is 5.41. The zero-order chi connectivity index (χ0) is 18.1. The van der Waals surface area contributed by atoms with Gasteiger partial charge in [0, 0.05) is 61.7 Å². The Bertz CT molecular complexity index is 791. The zero-order valence-corrected chi connectivity index (χ0v) is 15.5. The van der Waals surface area contributed by atoms with Crippen molar-refractivity contribution in [1.82, 2.24) is 30.4 Å². The number of hydrogen-bond donors (Lipinski definition) is 2. The highest BCUT2D eigenvalue weighted by Gasteiger charge is 2.28. The lowest BCUT2D eigenvalue weighted by Gasteiger charge is -2.31. The molecule has 4 heterocycles. The van der Waals surface area contributed by atoms with E-state index in [1.165, 1.54) is 11.3 Å². The van der Waals surface area contributed by atoms with Crippen molar-refractivity contribution in [2.24, 2.45) is 0 Å². The summed E-state index contributed by atoms with van der Waals surface area (Å²) in [6, 6.07) is 1.87. The maximum Gasteiger partial charge on any atom is 0.274 e. The first-order valence-electron chi connectivity index (χ1n) is 9.52. The molecule has 0 atom stereocenters. The van der Waals surface area contributed by atoms with Crippen LogP contribution in [0.2, 0.25) is 0 Å². The highest BCUT2D eigenvalue weighted by Crippen LogP contribution is 2.27. The van der Waals surface area contributed by atoms with E-state index in [0.717, 1.165) is 57.0 Å². The Kier molecular flexibility index (Phi) is 4.72. The van der Waals surface area contributed by atoms with Gasteiger partial charge in [-0.3, -0.25) is 9.89 Å². The molecule has 2 aromatic heterocycles. The van der Waals surface area contributed by atoms with Crippen molar-refractivity contribution < 1.29 is 4.79 Å². The van der Waals surface area contributed by atoms with Gasteiger partial charge in [0.2, 0.25) is 0 Å². The molecular weight excluding hydrogens is 328 g/mol. The third kappa shape index (κ3) is 3.35. The Balaban J connectivity index is 1.40. The van der Waals surface area contributed by atoms with E-state index in [2.05, 4.69) is 34.3 Å². The van der Waals surface area contributed by atoms with Gasteiger partial charge in [0.05, 0.1) is 0 Å². The second-order valence-corrected chi connectivity index (χ2v) is 7.56. The van der Waals surface area contributed by atoms with Gasteiger partial charge in [0.15, 0.2) is 0 Å². The number of likely N-dealkylation sites (tertiary alicyclic amines) is 1. The summed E-state index contributed by atoms with van der Waals surface area (Å²) >= 11 is 0. The number of piperidine rings is 1. The largest absolute Gasteiger partial charge is 0.337 e. The number of carbonyl (C=O) groups excluding carboxylic acids is 1. The van der Waals surface area contributed by atoms with Crippen LogP contribution in [-0.2, 0) is 13.0 Å². The molecule has 0 aromatic carbocycles. The van der Waals surface area contributed by atoms with Crippen molar-refractivity contribution in [2.45, 2.75) is 51.5 Å². The van der Waals surface area contributed by atoms with Crippen molar-refractivity contribution in [3.8, 4) is 0 Å². The van der Waals surface area contributed by atoms with Crippen LogP contribution >= 0.6 is 0 Å². The zero-order valence-electron chi connectivity index (χ0n) is 15.5. The molecule has 0 radical (unpaired) electrons. The molecule has 0 aliphatic carbocycles. The first-order valence-corrected chi connectivity index (χ1v) is 9.52. The second-order valence-electron chi connectivity index (χ2n) is 7.56. The first kappa shape index (κ1) is 17.1. The lowest BCUT2D eigenvalue weighted by molar-refractivity contribution is 0.0705. The summed E-state index contributed by atoms with van der Waals surface area (Å²) in [6.07, 6.45) is 4.76. The van der Waals surface area contributed by atoms with Gasteiger partial charge < -0.3 is 10.2 Å². The van der Waals surface area contributed by atoms with Crippen LogP contribution in [0.5, 0.6) is 0 Å². The molecule has 2 aliphatic rings. The van der Waals surface area contributed by atoms with E-state index in [-0.39, 0.29) is 5.91 Å². The van der Waals surface area contributed by atoms with Gasteiger partial charge in [0.1, 0.15) is 11.5 Å². The predicted molar refractivity (Wildman–Crippen MR) is 98.0 cm³/mol. The monoisotopic (exact) mass is 354 g/mol. The van der Waals surface area contributed by atoms with Gasteiger partial charge in [-0.1, -0.05) is 13.8 Å². The Morgan fingerprint density at radius 1 is 1.31 bits per heavy atom. The molecule has 0 unspecified atom stereocenters. The Hall–Kier alpha value is -2.28. The minimum Gasteiger partial charge on any atom is -0.337 e. The number of aromatic nitrogens is 4. The number of carbonyl (C=O) groups is 1. The van der Waals surface area contributed by atoms with Gasteiger partial charge >= 0.3 is 0 Å². The molecule has 1 fully saturated rings. The number of aromatic amines is 1. The van der Waals surface area contributed by atoms with Crippen LogP contribution in [0.1, 0.15) is 71.8 Å². The van der Waals surface area contributed by atoms with Gasteiger partial charge in [-0.25, -0.2) is 9.97 Å². The van der Waals surface area contributed by atoms with Crippen LogP contribution in [0.15, 0.2) is 12.3 Å². The molecule has 2 aliphatic heterocycles. The minimum absolute atomic E-state index is 0.0176. The third-order valence-electron chi connectivity index (χ3n) is 5.41. The average Bonchev–Trinajstić information content (AvgIpc) is 3.18. The van der Waals surface area contributed by atoms with Crippen LogP contribution in [0.25, 0.3) is 0 Å². The fourth-order valence-electron chi connectivity index (χ4n) is 3.69. The van der Waals surface area contributed by atoms with Crippen molar-refractivity contribution in [3.05, 3.63) is 40.7 Å². The van der Waals surface area contributed by atoms with E-state index in [1.807, 2.05) is 17.2 Å². The Morgan fingerprint density at radius 3 is 2.85 bits per heavy atom. The molecule has 2 aromatic rings. The summed E-state index contributed by atoms with van der Waals surface area (Å²) < 4.78 is 0. The topological polar surface area (TPSA) is 86.8 Å². The number of nitrogens with one attached hydrogen (secondary N) is 2.